The van der Waals surface area contributed by atoms with Gasteiger partial charge in [-0.25, -0.2) is 0 Å². The highest BCUT2D eigenvalue weighted by Crippen LogP contribution is 2.17. The van der Waals surface area contributed by atoms with E-state index < -0.39 is 0 Å². The second-order valence-corrected chi connectivity index (χ2v) is 4.42. The molecule has 0 aliphatic carbocycles. The first-order valence-corrected chi connectivity index (χ1v) is 6.24. The van der Waals surface area contributed by atoms with Crippen molar-refractivity contribution < 1.29 is 4.79 Å². The molecule has 2 rings (SSSR count). The van der Waals surface area contributed by atoms with Gasteiger partial charge in [0.25, 0.3) is 5.91 Å². The molecule has 1 heterocycles. The third kappa shape index (κ3) is 3.13. The molecule has 0 radical (unpaired) electrons. The van der Waals surface area contributed by atoms with E-state index in [0.717, 1.165) is 17.8 Å². The van der Waals surface area contributed by atoms with Crippen molar-refractivity contribution in [1.82, 2.24) is 9.78 Å². The van der Waals surface area contributed by atoms with Gasteiger partial charge in [-0.3, -0.25) is 9.48 Å². The Morgan fingerprint density at radius 1 is 1.42 bits per heavy atom. The molecule has 5 nitrogen and oxygen atoms in total. The quantitative estimate of drug-likeness (QED) is 0.885. The van der Waals surface area contributed by atoms with E-state index in [-0.39, 0.29) is 5.91 Å². The lowest BCUT2D eigenvalue weighted by Crippen LogP contribution is -2.12. The highest BCUT2D eigenvalue weighted by atomic mass is 16.1. The Morgan fingerprint density at radius 3 is 2.79 bits per heavy atom. The Morgan fingerprint density at radius 2 is 2.21 bits per heavy atom. The van der Waals surface area contributed by atoms with Crippen molar-refractivity contribution in [1.29, 1.82) is 0 Å². The molecule has 1 aromatic heterocycles. The number of nitrogens with one attached hydrogen (secondary N) is 2. The van der Waals surface area contributed by atoms with Crippen molar-refractivity contribution in [3.63, 3.8) is 0 Å². The summed E-state index contributed by atoms with van der Waals surface area (Å²) in [6, 6.07) is 5.62. The number of aryl methyl sites for hydroxylation is 2. The number of nitrogens with zero attached hydrogens (tertiary/aromatic N) is 2. The van der Waals surface area contributed by atoms with Gasteiger partial charge in [-0.05, 0) is 37.6 Å². The number of anilines is 2. The summed E-state index contributed by atoms with van der Waals surface area (Å²) >= 11 is 0. The minimum atomic E-state index is -0.126. The predicted octanol–water partition coefficient (Wildman–Crippen LogP) is 2.41. The van der Waals surface area contributed by atoms with E-state index in [9.17, 15) is 4.79 Å². The van der Waals surface area contributed by atoms with Crippen LogP contribution in [0.1, 0.15) is 22.8 Å². The molecular weight excluding hydrogens is 240 g/mol. The van der Waals surface area contributed by atoms with Gasteiger partial charge in [0.05, 0.1) is 11.9 Å². The van der Waals surface area contributed by atoms with E-state index in [0.29, 0.717) is 11.3 Å². The van der Waals surface area contributed by atoms with Crippen LogP contribution >= 0.6 is 0 Å². The summed E-state index contributed by atoms with van der Waals surface area (Å²) in [5, 5.41) is 10.1. The highest BCUT2D eigenvalue weighted by molar-refractivity contribution is 6.04. The molecule has 1 amide bonds. The van der Waals surface area contributed by atoms with Crippen LogP contribution in [-0.4, -0.2) is 22.2 Å². The normalized spacial score (nSPS) is 10.3. The highest BCUT2D eigenvalue weighted by Gasteiger charge is 2.08. The molecule has 0 saturated carbocycles. The van der Waals surface area contributed by atoms with Crippen molar-refractivity contribution in [2.24, 2.45) is 7.05 Å². The SMILES string of the molecule is CCNc1ccc(C(=O)Nc2cnn(C)c2)cc1C. The van der Waals surface area contributed by atoms with Crippen LogP contribution in [0, 0.1) is 6.92 Å². The molecule has 0 bridgehead atoms. The Hall–Kier alpha value is -2.30. The molecule has 0 unspecified atom stereocenters. The lowest BCUT2D eigenvalue weighted by molar-refractivity contribution is 0.102. The van der Waals surface area contributed by atoms with Crippen molar-refractivity contribution in [2.75, 3.05) is 17.2 Å². The van der Waals surface area contributed by atoms with Crippen LogP contribution in [0.5, 0.6) is 0 Å². The first-order valence-electron chi connectivity index (χ1n) is 6.24. The Labute approximate surface area is 112 Å². The Bertz CT molecular complexity index is 589. The van der Waals surface area contributed by atoms with Crippen LogP contribution in [0.15, 0.2) is 30.6 Å². The molecule has 2 N–H and O–H groups in total. The molecule has 1 aromatic carbocycles. The average molecular weight is 258 g/mol. The summed E-state index contributed by atoms with van der Waals surface area (Å²) in [6.07, 6.45) is 3.38. The van der Waals surface area contributed by atoms with Crippen molar-refractivity contribution >= 4 is 17.3 Å². The third-order valence-electron chi connectivity index (χ3n) is 2.82. The van der Waals surface area contributed by atoms with Gasteiger partial charge in [-0.15, -0.1) is 0 Å². The van der Waals surface area contributed by atoms with Gasteiger partial charge in [0.2, 0.25) is 0 Å². The zero-order valence-electron chi connectivity index (χ0n) is 11.4. The van der Waals surface area contributed by atoms with E-state index in [1.165, 1.54) is 0 Å². The zero-order chi connectivity index (χ0) is 13.8. The van der Waals surface area contributed by atoms with Crippen LogP contribution < -0.4 is 10.6 Å². The number of aromatic nitrogens is 2. The van der Waals surface area contributed by atoms with Gasteiger partial charge in [0.1, 0.15) is 0 Å². The summed E-state index contributed by atoms with van der Waals surface area (Å²) in [7, 11) is 1.81. The molecule has 2 aromatic rings. The summed E-state index contributed by atoms with van der Waals surface area (Å²) in [4.78, 5) is 12.1. The van der Waals surface area contributed by atoms with E-state index >= 15 is 0 Å². The third-order valence-corrected chi connectivity index (χ3v) is 2.82. The second-order valence-electron chi connectivity index (χ2n) is 4.42. The van der Waals surface area contributed by atoms with E-state index in [1.807, 2.05) is 39.1 Å². The summed E-state index contributed by atoms with van der Waals surface area (Å²) < 4.78 is 1.65. The number of amides is 1. The molecule has 0 saturated heterocycles. The lowest BCUT2D eigenvalue weighted by atomic mass is 10.1. The number of rotatable bonds is 4. The monoisotopic (exact) mass is 258 g/mol. The number of carbonyl (C=O) groups is 1. The fourth-order valence-electron chi connectivity index (χ4n) is 1.88. The minimum absolute atomic E-state index is 0.126. The molecule has 5 heteroatoms. The molecular formula is C14H18N4O. The molecule has 0 spiro atoms. The lowest BCUT2D eigenvalue weighted by Gasteiger charge is -2.09. The van der Waals surface area contributed by atoms with Crippen molar-refractivity contribution in [3.8, 4) is 0 Å². The molecule has 0 atom stereocenters. The average Bonchev–Trinajstić information content (AvgIpc) is 2.77. The van der Waals surface area contributed by atoms with Gasteiger partial charge in [-0.2, -0.15) is 5.10 Å². The van der Waals surface area contributed by atoms with Gasteiger partial charge in [-0.1, -0.05) is 0 Å². The number of hydrogen-bond acceptors (Lipinski definition) is 3. The van der Waals surface area contributed by atoms with E-state index in [2.05, 4.69) is 15.7 Å². The van der Waals surface area contributed by atoms with E-state index in [1.54, 1.807) is 17.1 Å². The molecule has 0 fully saturated rings. The van der Waals surface area contributed by atoms with Crippen molar-refractivity contribution in [2.45, 2.75) is 13.8 Å². The van der Waals surface area contributed by atoms with E-state index in [4.69, 9.17) is 0 Å². The first kappa shape index (κ1) is 13.1. The van der Waals surface area contributed by atoms with Gasteiger partial charge >= 0.3 is 0 Å². The fraction of sp³-hybridized carbons (Fsp3) is 0.286. The fourth-order valence-corrected chi connectivity index (χ4v) is 1.88. The smallest absolute Gasteiger partial charge is 0.255 e. The van der Waals surface area contributed by atoms with Crippen LogP contribution in [-0.2, 0) is 7.05 Å². The second kappa shape index (κ2) is 5.56. The van der Waals surface area contributed by atoms with Crippen LogP contribution in [0.2, 0.25) is 0 Å². The maximum atomic E-state index is 12.1. The summed E-state index contributed by atoms with van der Waals surface area (Å²) in [5.74, 6) is -0.126. The van der Waals surface area contributed by atoms with Crippen molar-refractivity contribution in [3.05, 3.63) is 41.7 Å². The maximum Gasteiger partial charge on any atom is 0.255 e. The van der Waals surface area contributed by atoms with Crippen LogP contribution in [0.3, 0.4) is 0 Å². The maximum absolute atomic E-state index is 12.1. The first-order chi connectivity index (χ1) is 9.10. The topological polar surface area (TPSA) is 59.0 Å². The molecule has 100 valence electrons. The standard InChI is InChI=1S/C14H18N4O/c1-4-15-13-6-5-11(7-10(13)2)14(19)17-12-8-16-18(3)9-12/h5-9,15H,4H2,1-3H3,(H,17,19). The van der Waals surface area contributed by atoms with Crippen LogP contribution in [0.4, 0.5) is 11.4 Å². The Balaban J connectivity index is 2.13. The Kier molecular flexibility index (Phi) is 3.85. The van der Waals surface area contributed by atoms with Gasteiger partial charge in [0.15, 0.2) is 0 Å². The summed E-state index contributed by atoms with van der Waals surface area (Å²) in [5.41, 5.74) is 3.45. The van der Waals surface area contributed by atoms with Gasteiger partial charge in [0, 0.05) is 31.0 Å². The molecule has 19 heavy (non-hydrogen) atoms. The summed E-state index contributed by atoms with van der Waals surface area (Å²) in [6.45, 7) is 4.89. The molecule has 0 aliphatic rings. The number of benzene rings is 1. The van der Waals surface area contributed by atoms with Gasteiger partial charge < -0.3 is 10.6 Å². The largest absolute Gasteiger partial charge is 0.385 e. The van der Waals surface area contributed by atoms with Crippen LogP contribution in [0.25, 0.3) is 0 Å². The number of hydrogen-bond donors (Lipinski definition) is 2. The number of carbonyl (C=O) groups excluding carboxylic acids is 1. The molecule has 0 aliphatic heterocycles. The predicted molar refractivity (Wildman–Crippen MR) is 76.5 cm³/mol. The minimum Gasteiger partial charge on any atom is -0.385 e. The zero-order valence-corrected chi connectivity index (χ0v) is 11.4.